The third-order valence-electron chi connectivity index (χ3n) is 3.96. The molecule has 104 valence electrons. The summed E-state index contributed by atoms with van der Waals surface area (Å²) in [5, 5.41) is 0. The highest BCUT2D eigenvalue weighted by Crippen LogP contribution is 2.30. The Morgan fingerprint density at radius 2 is 2.00 bits per heavy atom. The first-order valence-corrected chi connectivity index (χ1v) is 7.08. The molecule has 0 unspecified atom stereocenters. The summed E-state index contributed by atoms with van der Waals surface area (Å²) in [6, 6.07) is 3.90. The lowest BCUT2D eigenvalue weighted by molar-refractivity contribution is -0.132. The lowest BCUT2D eigenvalue weighted by Crippen LogP contribution is -2.43. The zero-order valence-corrected chi connectivity index (χ0v) is 11.6. The van der Waals surface area contributed by atoms with Crippen LogP contribution < -0.4 is 5.73 Å². The van der Waals surface area contributed by atoms with Gasteiger partial charge in [-0.25, -0.2) is 0 Å². The van der Waals surface area contributed by atoms with Crippen molar-refractivity contribution in [1.29, 1.82) is 0 Å². The van der Waals surface area contributed by atoms with Gasteiger partial charge in [0.05, 0.1) is 0 Å². The average Bonchev–Trinajstić information content (AvgIpc) is 2.83. The minimum absolute atomic E-state index is 0.170. The van der Waals surface area contributed by atoms with E-state index in [4.69, 9.17) is 5.73 Å². The third-order valence-corrected chi connectivity index (χ3v) is 3.96. The highest BCUT2D eigenvalue weighted by Gasteiger charge is 2.32. The maximum absolute atomic E-state index is 12.4. The molecule has 1 heterocycles. The number of nitrogens with zero attached hydrogens (tertiary/aromatic N) is 2. The first-order chi connectivity index (χ1) is 9.13. The normalized spacial score (nSPS) is 17.4. The summed E-state index contributed by atoms with van der Waals surface area (Å²) in [4.78, 5) is 18.2. The van der Waals surface area contributed by atoms with E-state index < -0.39 is 0 Å². The van der Waals surface area contributed by atoms with E-state index in [1.807, 2.05) is 24.0 Å². The molecule has 1 aliphatic rings. The Kier molecular flexibility index (Phi) is 4.53. The molecule has 1 aromatic heterocycles. The van der Waals surface area contributed by atoms with Crippen LogP contribution >= 0.6 is 0 Å². The minimum Gasteiger partial charge on any atom is -0.339 e. The fourth-order valence-corrected chi connectivity index (χ4v) is 2.75. The smallest absolute Gasteiger partial charge is 0.224 e. The van der Waals surface area contributed by atoms with Crippen molar-refractivity contribution < 1.29 is 4.79 Å². The molecule has 2 N–H and O–H groups in total. The molecule has 0 spiro atoms. The lowest BCUT2D eigenvalue weighted by Gasteiger charge is -2.28. The monoisotopic (exact) mass is 261 g/mol. The van der Waals surface area contributed by atoms with E-state index in [-0.39, 0.29) is 11.4 Å². The second-order valence-electron chi connectivity index (χ2n) is 5.51. The van der Waals surface area contributed by atoms with Gasteiger partial charge in [-0.15, -0.1) is 0 Å². The summed E-state index contributed by atoms with van der Waals surface area (Å²) in [7, 11) is 0. The highest BCUT2D eigenvalue weighted by atomic mass is 16.2. The second kappa shape index (κ2) is 6.15. The maximum Gasteiger partial charge on any atom is 0.224 e. The number of nitrogens with two attached hydrogens (primary N) is 1. The quantitative estimate of drug-likeness (QED) is 0.883. The number of carbonyl (C=O) groups is 1. The number of aromatic nitrogens is 1. The molecule has 1 saturated carbocycles. The van der Waals surface area contributed by atoms with Gasteiger partial charge >= 0.3 is 0 Å². The average molecular weight is 261 g/mol. The Balaban J connectivity index is 1.95. The van der Waals surface area contributed by atoms with Gasteiger partial charge in [-0.2, -0.15) is 0 Å². The van der Waals surface area contributed by atoms with Gasteiger partial charge in [0.2, 0.25) is 5.91 Å². The minimum atomic E-state index is -0.261. The molecule has 4 heteroatoms. The standard InChI is InChI=1S/C15H23N3O/c1-2-18(12-13-5-9-17-10-6-13)14(19)11-15(16)7-3-4-8-15/h5-6,9-10H,2-4,7-8,11-12,16H2,1H3. The number of amides is 1. The maximum atomic E-state index is 12.4. The van der Waals surface area contributed by atoms with Crippen molar-refractivity contribution in [3.63, 3.8) is 0 Å². The van der Waals surface area contributed by atoms with Crippen LogP contribution in [0.2, 0.25) is 0 Å². The zero-order chi connectivity index (χ0) is 13.7. The summed E-state index contributed by atoms with van der Waals surface area (Å²) in [5.41, 5.74) is 7.14. The predicted molar refractivity (Wildman–Crippen MR) is 75.3 cm³/mol. The Bertz CT molecular complexity index is 413. The van der Waals surface area contributed by atoms with Crippen LogP contribution in [0.25, 0.3) is 0 Å². The molecular formula is C15H23N3O. The van der Waals surface area contributed by atoms with Gasteiger partial charge < -0.3 is 10.6 Å². The molecule has 2 rings (SSSR count). The summed E-state index contributed by atoms with van der Waals surface area (Å²) in [6.45, 7) is 3.38. The molecule has 0 atom stereocenters. The molecule has 4 nitrogen and oxygen atoms in total. The molecule has 1 fully saturated rings. The van der Waals surface area contributed by atoms with Gasteiger partial charge in [0.25, 0.3) is 0 Å². The van der Waals surface area contributed by atoms with Crippen molar-refractivity contribution in [1.82, 2.24) is 9.88 Å². The first-order valence-electron chi connectivity index (χ1n) is 7.08. The first kappa shape index (κ1) is 14.0. The van der Waals surface area contributed by atoms with Gasteiger partial charge in [-0.1, -0.05) is 12.8 Å². The van der Waals surface area contributed by atoms with Gasteiger partial charge in [-0.05, 0) is 37.5 Å². The fourth-order valence-electron chi connectivity index (χ4n) is 2.75. The second-order valence-corrected chi connectivity index (χ2v) is 5.51. The van der Waals surface area contributed by atoms with Gasteiger partial charge in [0.15, 0.2) is 0 Å². The summed E-state index contributed by atoms with van der Waals surface area (Å²) in [6.07, 6.45) is 8.26. The van der Waals surface area contributed by atoms with Crippen LogP contribution in [0.4, 0.5) is 0 Å². The van der Waals surface area contributed by atoms with E-state index in [2.05, 4.69) is 4.98 Å². The number of rotatable bonds is 5. The van der Waals surface area contributed by atoms with Crippen molar-refractivity contribution in [3.05, 3.63) is 30.1 Å². The number of carbonyl (C=O) groups excluding carboxylic acids is 1. The zero-order valence-electron chi connectivity index (χ0n) is 11.6. The number of pyridine rings is 1. The molecule has 0 bridgehead atoms. The highest BCUT2D eigenvalue weighted by molar-refractivity contribution is 5.77. The van der Waals surface area contributed by atoms with E-state index in [1.54, 1.807) is 12.4 Å². The Morgan fingerprint density at radius 3 is 2.58 bits per heavy atom. The number of hydrogen-bond donors (Lipinski definition) is 1. The molecule has 0 radical (unpaired) electrons. The van der Waals surface area contributed by atoms with Crippen molar-refractivity contribution in [3.8, 4) is 0 Å². The fraction of sp³-hybridized carbons (Fsp3) is 0.600. The predicted octanol–water partition coefficient (Wildman–Crippen LogP) is 2.09. The van der Waals surface area contributed by atoms with Gasteiger partial charge in [0.1, 0.15) is 0 Å². The van der Waals surface area contributed by atoms with Gasteiger partial charge in [-0.3, -0.25) is 9.78 Å². The third kappa shape index (κ3) is 3.77. The Morgan fingerprint density at radius 1 is 1.37 bits per heavy atom. The molecule has 1 aromatic rings. The van der Waals surface area contributed by atoms with Crippen LogP contribution in [0.1, 0.15) is 44.6 Å². The van der Waals surface area contributed by atoms with Crippen LogP contribution in [0, 0.1) is 0 Å². The van der Waals surface area contributed by atoms with Crippen molar-refractivity contribution >= 4 is 5.91 Å². The van der Waals surface area contributed by atoms with E-state index in [1.165, 1.54) is 0 Å². The van der Waals surface area contributed by atoms with Crippen molar-refractivity contribution in [2.75, 3.05) is 6.54 Å². The van der Waals surface area contributed by atoms with Crippen LogP contribution in [-0.4, -0.2) is 27.9 Å². The summed E-state index contributed by atoms with van der Waals surface area (Å²) >= 11 is 0. The largest absolute Gasteiger partial charge is 0.339 e. The Labute approximate surface area is 115 Å². The molecule has 19 heavy (non-hydrogen) atoms. The van der Waals surface area contributed by atoms with Crippen LogP contribution in [0.15, 0.2) is 24.5 Å². The lowest BCUT2D eigenvalue weighted by atomic mass is 9.94. The molecule has 1 aliphatic carbocycles. The number of hydrogen-bond acceptors (Lipinski definition) is 3. The SMILES string of the molecule is CCN(Cc1ccncc1)C(=O)CC1(N)CCCC1. The van der Waals surface area contributed by atoms with Crippen LogP contribution in [-0.2, 0) is 11.3 Å². The summed E-state index contributed by atoms with van der Waals surface area (Å²) in [5.74, 6) is 0.170. The van der Waals surface area contributed by atoms with E-state index in [0.29, 0.717) is 13.0 Å². The van der Waals surface area contributed by atoms with Gasteiger partial charge in [0, 0.05) is 37.4 Å². The molecular weight excluding hydrogens is 238 g/mol. The topological polar surface area (TPSA) is 59.2 Å². The molecule has 0 saturated heterocycles. The summed E-state index contributed by atoms with van der Waals surface area (Å²) < 4.78 is 0. The van der Waals surface area contributed by atoms with Crippen LogP contribution in [0.3, 0.4) is 0 Å². The van der Waals surface area contributed by atoms with Crippen molar-refractivity contribution in [2.24, 2.45) is 5.73 Å². The van der Waals surface area contributed by atoms with Crippen molar-refractivity contribution in [2.45, 2.75) is 51.1 Å². The van der Waals surface area contributed by atoms with Crippen LogP contribution in [0.5, 0.6) is 0 Å². The Hall–Kier alpha value is -1.42. The van der Waals surface area contributed by atoms with E-state index >= 15 is 0 Å². The van der Waals surface area contributed by atoms with E-state index in [9.17, 15) is 4.79 Å². The van der Waals surface area contributed by atoms with E-state index in [0.717, 1.165) is 37.8 Å². The molecule has 1 amide bonds. The molecule has 0 aromatic carbocycles. The molecule has 0 aliphatic heterocycles.